The van der Waals surface area contributed by atoms with E-state index in [0.29, 0.717) is 6.07 Å². The van der Waals surface area contributed by atoms with Crippen molar-refractivity contribution in [2.24, 2.45) is 0 Å². The highest BCUT2D eigenvalue weighted by atomic mass is 19.4. The number of rotatable bonds is 7. The normalized spacial score (nSPS) is 13.9. The van der Waals surface area contributed by atoms with Gasteiger partial charge in [-0.2, -0.15) is 18.3 Å². The van der Waals surface area contributed by atoms with E-state index in [1.165, 1.54) is 13.8 Å². The lowest BCUT2D eigenvalue weighted by Gasteiger charge is -2.38. The third kappa shape index (κ3) is 5.25. The van der Waals surface area contributed by atoms with E-state index in [0.717, 1.165) is 41.2 Å². The summed E-state index contributed by atoms with van der Waals surface area (Å²) in [5.41, 5.74) is -0.197. The van der Waals surface area contributed by atoms with Crippen LogP contribution in [-0.4, -0.2) is 44.2 Å². The van der Waals surface area contributed by atoms with Crippen LogP contribution in [0.5, 0.6) is 5.75 Å². The molecule has 0 radical (unpaired) electrons. The largest absolute Gasteiger partial charge is 0.508 e. The molecule has 194 valence electrons. The maximum Gasteiger partial charge on any atom is 0.418 e. The standard InChI is InChI=1S/C23H22F6N4O3/c1-21(2,15-7-12(24)4-6-18(15)34)10-22(36,23(27,28)29)11-31-20(35)14-9-32-33(19(14)30)17-5-3-13(25)8-16(17)26/h3-9,34,36H,10-11,30H2,1-2H3,(H,31,35)/t22-/m1/s1. The van der Waals surface area contributed by atoms with Gasteiger partial charge in [0.15, 0.2) is 11.4 Å². The number of phenols is 1. The monoisotopic (exact) mass is 516 g/mol. The lowest BCUT2D eigenvalue weighted by molar-refractivity contribution is -0.263. The number of nitrogens with two attached hydrogens (primary N) is 1. The minimum atomic E-state index is -5.24. The molecule has 3 aromatic rings. The van der Waals surface area contributed by atoms with Gasteiger partial charge in [0.2, 0.25) is 0 Å². The molecule has 7 nitrogen and oxygen atoms in total. The molecule has 1 aromatic heterocycles. The number of hydrogen-bond acceptors (Lipinski definition) is 5. The molecule has 0 saturated carbocycles. The SMILES string of the molecule is CC(C)(C[C@@](O)(CNC(=O)c1cnn(-c2ccc(F)cc2F)c1N)C(F)(F)F)c1cc(F)ccc1O. The molecule has 0 saturated heterocycles. The molecule has 0 aliphatic rings. The van der Waals surface area contributed by atoms with Crippen molar-refractivity contribution in [1.29, 1.82) is 0 Å². The quantitative estimate of drug-likeness (QED) is 0.355. The summed E-state index contributed by atoms with van der Waals surface area (Å²) in [6, 6.07) is 5.23. The molecule has 1 amide bonds. The fraction of sp³-hybridized carbons (Fsp3) is 0.304. The molecule has 1 heterocycles. The third-order valence-electron chi connectivity index (χ3n) is 5.68. The molecule has 0 fully saturated rings. The Morgan fingerprint density at radius 3 is 2.31 bits per heavy atom. The van der Waals surface area contributed by atoms with Crippen LogP contribution in [0.2, 0.25) is 0 Å². The number of nitrogens with zero attached hydrogens (tertiary/aromatic N) is 2. The fourth-order valence-electron chi connectivity index (χ4n) is 3.84. The number of phenolic OH excluding ortho intramolecular Hbond substituents is 1. The van der Waals surface area contributed by atoms with E-state index in [1.54, 1.807) is 0 Å². The average molecular weight is 516 g/mol. The van der Waals surface area contributed by atoms with Crippen molar-refractivity contribution in [2.75, 3.05) is 12.3 Å². The van der Waals surface area contributed by atoms with Gasteiger partial charge in [-0.1, -0.05) is 13.8 Å². The van der Waals surface area contributed by atoms with Gasteiger partial charge in [-0.25, -0.2) is 17.9 Å². The summed E-state index contributed by atoms with van der Waals surface area (Å²) in [4.78, 5) is 12.6. The Bertz CT molecular complexity index is 1290. The fourth-order valence-corrected chi connectivity index (χ4v) is 3.84. The molecule has 3 rings (SSSR count). The first kappa shape index (κ1) is 26.9. The number of nitrogen functional groups attached to an aromatic ring is 1. The van der Waals surface area contributed by atoms with Gasteiger partial charge in [0.1, 0.15) is 34.5 Å². The molecule has 1 atom stereocenters. The minimum absolute atomic E-state index is 0.177. The number of aromatic hydroxyl groups is 1. The van der Waals surface area contributed by atoms with Gasteiger partial charge in [-0.05, 0) is 42.2 Å². The second-order valence-electron chi connectivity index (χ2n) is 8.89. The number of amides is 1. The number of hydrogen-bond donors (Lipinski definition) is 4. The highest BCUT2D eigenvalue weighted by Gasteiger charge is 2.56. The Morgan fingerprint density at radius 2 is 1.69 bits per heavy atom. The van der Waals surface area contributed by atoms with Crippen molar-refractivity contribution in [1.82, 2.24) is 15.1 Å². The number of nitrogens with one attached hydrogen (secondary N) is 1. The van der Waals surface area contributed by atoms with Gasteiger partial charge in [0.25, 0.3) is 5.91 Å². The van der Waals surface area contributed by atoms with Crippen LogP contribution in [0.4, 0.5) is 32.2 Å². The second kappa shape index (κ2) is 9.37. The van der Waals surface area contributed by atoms with Crippen molar-refractivity contribution in [2.45, 2.75) is 37.5 Å². The summed E-state index contributed by atoms with van der Waals surface area (Å²) < 4.78 is 83.4. The van der Waals surface area contributed by atoms with Crippen LogP contribution in [0.15, 0.2) is 42.6 Å². The molecule has 0 spiro atoms. The number of benzene rings is 2. The smallest absolute Gasteiger partial charge is 0.418 e. The predicted octanol–water partition coefficient (Wildman–Crippen LogP) is 3.97. The number of carbonyl (C=O) groups excluding carboxylic acids is 1. The predicted molar refractivity (Wildman–Crippen MR) is 117 cm³/mol. The first-order valence-corrected chi connectivity index (χ1v) is 10.4. The molecular formula is C23H22F6N4O3. The molecule has 2 aromatic carbocycles. The molecule has 0 aliphatic carbocycles. The summed E-state index contributed by atoms with van der Waals surface area (Å²) in [7, 11) is 0. The van der Waals surface area contributed by atoms with Crippen LogP contribution in [-0.2, 0) is 5.41 Å². The van der Waals surface area contributed by atoms with Gasteiger partial charge in [-0.15, -0.1) is 0 Å². The Kier molecular flexibility index (Phi) is 6.99. The highest BCUT2D eigenvalue weighted by molar-refractivity contribution is 5.98. The van der Waals surface area contributed by atoms with E-state index >= 15 is 0 Å². The second-order valence-corrected chi connectivity index (χ2v) is 8.89. The molecule has 0 unspecified atom stereocenters. The van der Waals surface area contributed by atoms with Crippen molar-refractivity contribution >= 4 is 11.7 Å². The van der Waals surface area contributed by atoms with Crippen LogP contribution in [0.25, 0.3) is 5.69 Å². The molecule has 0 bridgehead atoms. The Hall–Kier alpha value is -3.74. The van der Waals surface area contributed by atoms with Gasteiger partial charge >= 0.3 is 6.18 Å². The average Bonchev–Trinajstić information content (AvgIpc) is 3.13. The maximum absolute atomic E-state index is 14.1. The zero-order valence-corrected chi connectivity index (χ0v) is 19.0. The van der Waals surface area contributed by atoms with Gasteiger partial charge in [-0.3, -0.25) is 4.79 Å². The summed E-state index contributed by atoms with van der Waals surface area (Å²) in [6.45, 7) is 1.20. The highest BCUT2D eigenvalue weighted by Crippen LogP contribution is 2.43. The van der Waals surface area contributed by atoms with E-state index in [9.17, 15) is 41.4 Å². The number of aliphatic hydroxyl groups is 1. The first-order chi connectivity index (χ1) is 16.6. The maximum atomic E-state index is 14.1. The van der Waals surface area contributed by atoms with Crippen LogP contribution in [0.1, 0.15) is 36.2 Å². The molecule has 0 aliphatic heterocycles. The van der Waals surface area contributed by atoms with E-state index in [1.807, 2.05) is 5.32 Å². The van der Waals surface area contributed by atoms with Crippen molar-refractivity contribution in [3.05, 3.63) is 71.2 Å². The number of halogens is 6. The topological polar surface area (TPSA) is 113 Å². The number of alkyl halides is 3. The molecule has 13 heteroatoms. The minimum Gasteiger partial charge on any atom is -0.508 e. The number of carbonyl (C=O) groups is 1. The zero-order valence-electron chi connectivity index (χ0n) is 19.0. The van der Waals surface area contributed by atoms with Crippen LogP contribution >= 0.6 is 0 Å². The van der Waals surface area contributed by atoms with E-state index in [2.05, 4.69) is 5.10 Å². The summed E-state index contributed by atoms with van der Waals surface area (Å²) >= 11 is 0. The van der Waals surface area contributed by atoms with Crippen LogP contribution in [0, 0.1) is 17.5 Å². The lowest BCUT2D eigenvalue weighted by Crippen LogP contribution is -2.56. The Labute approximate surface area is 201 Å². The van der Waals surface area contributed by atoms with Crippen LogP contribution in [0.3, 0.4) is 0 Å². The van der Waals surface area contributed by atoms with Crippen molar-refractivity contribution in [3.63, 3.8) is 0 Å². The van der Waals surface area contributed by atoms with Gasteiger partial charge in [0, 0.05) is 11.6 Å². The van der Waals surface area contributed by atoms with E-state index in [-0.39, 0.29) is 11.3 Å². The van der Waals surface area contributed by atoms with Crippen LogP contribution < -0.4 is 11.1 Å². The first-order valence-electron chi connectivity index (χ1n) is 10.4. The number of aromatic nitrogens is 2. The summed E-state index contributed by atoms with van der Waals surface area (Å²) in [5.74, 6) is -4.80. The Morgan fingerprint density at radius 1 is 1.08 bits per heavy atom. The third-order valence-corrected chi connectivity index (χ3v) is 5.68. The molecular weight excluding hydrogens is 494 g/mol. The van der Waals surface area contributed by atoms with Gasteiger partial charge < -0.3 is 21.3 Å². The van der Waals surface area contributed by atoms with E-state index < -0.39 is 70.6 Å². The van der Waals surface area contributed by atoms with Crippen molar-refractivity contribution in [3.8, 4) is 11.4 Å². The molecule has 36 heavy (non-hydrogen) atoms. The van der Waals surface area contributed by atoms with Gasteiger partial charge in [0.05, 0.1) is 12.7 Å². The zero-order chi connectivity index (χ0) is 27.1. The lowest BCUT2D eigenvalue weighted by atomic mass is 9.74. The van der Waals surface area contributed by atoms with Crippen molar-refractivity contribution < 1.29 is 41.4 Å². The molecule has 5 N–H and O–H groups in total. The Balaban J connectivity index is 1.85. The number of anilines is 1. The van der Waals surface area contributed by atoms with E-state index in [4.69, 9.17) is 5.73 Å². The summed E-state index contributed by atoms with van der Waals surface area (Å²) in [5, 5.41) is 26.3. The summed E-state index contributed by atoms with van der Waals surface area (Å²) in [6.07, 6.45) is -5.43.